The Balaban J connectivity index is 1.52. The molecule has 1 amide bonds. The highest BCUT2D eigenvalue weighted by molar-refractivity contribution is 7.22. The molecule has 2 aromatic heterocycles. The van der Waals surface area contributed by atoms with Crippen LogP contribution >= 0.6 is 11.3 Å². The molecule has 0 spiro atoms. The molecule has 10 heteroatoms. The highest BCUT2D eigenvalue weighted by Gasteiger charge is 2.25. The lowest BCUT2D eigenvalue weighted by atomic mass is 10.1. The van der Waals surface area contributed by atoms with Gasteiger partial charge in [0.2, 0.25) is 0 Å². The summed E-state index contributed by atoms with van der Waals surface area (Å²) in [7, 11) is 0. The molecule has 4 aromatic rings. The fourth-order valence-corrected chi connectivity index (χ4v) is 4.80. The summed E-state index contributed by atoms with van der Waals surface area (Å²) in [5.41, 5.74) is 2.23. The molecule has 0 atom stereocenters. The van der Waals surface area contributed by atoms with Crippen LogP contribution in [0.5, 0.6) is 11.5 Å². The Morgan fingerprint density at radius 1 is 1.12 bits per heavy atom. The molecule has 0 aliphatic carbocycles. The summed E-state index contributed by atoms with van der Waals surface area (Å²) in [6.45, 7) is 5.31. The summed E-state index contributed by atoms with van der Waals surface area (Å²) in [6, 6.07) is 8.92. The van der Waals surface area contributed by atoms with Crippen LogP contribution in [0.25, 0.3) is 10.2 Å². The third-order valence-electron chi connectivity index (χ3n) is 5.31. The number of aryl methyl sites for hydroxylation is 2. The Hall–Kier alpha value is -3.53. The van der Waals surface area contributed by atoms with Gasteiger partial charge in [-0.05, 0) is 44.2 Å². The first-order chi connectivity index (χ1) is 15.9. The molecule has 0 saturated carbocycles. The number of fused-ring (bicyclic) bond motifs is 2. The first-order valence-electron chi connectivity index (χ1n) is 10.4. The number of aromatic nitrogens is 3. The molecular weight excluding hydrogens is 450 g/mol. The molecule has 0 unspecified atom stereocenters. The zero-order chi connectivity index (χ0) is 23.1. The first kappa shape index (κ1) is 21.3. The molecule has 0 radical (unpaired) electrons. The van der Waals surface area contributed by atoms with E-state index in [1.807, 2.05) is 19.9 Å². The summed E-state index contributed by atoms with van der Waals surface area (Å²) in [5.74, 6) is -0.735. The number of amides is 1. The van der Waals surface area contributed by atoms with E-state index < -0.39 is 11.6 Å². The summed E-state index contributed by atoms with van der Waals surface area (Å²) in [4.78, 5) is 19.4. The van der Waals surface area contributed by atoms with Gasteiger partial charge in [0.05, 0.1) is 16.9 Å². The van der Waals surface area contributed by atoms with Crippen LogP contribution in [-0.4, -0.2) is 40.4 Å². The largest absolute Gasteiger partial charge is 0.486 e. The van der Waals surface area contributed by atoms with E-state index in [9.17, 15) is 13.6 Å². The summed E-state index contributed by atoms with van der Waals surface area (Å²) in [5, 5.41) is 4.72. The monoisotopic (exact) mass is 470 g/mol. The maximum Gasteiger partial charge on any atom is 0.260 e. The number of halogens is 2. The van der Waals surface area contributed by atoms with Gasteiger partial charge in [0.15, 0.2) is 22.4 Å². The van der Waals surface area contributed by atoms with Gasteiger partial charge < -0.3 is 9.47 Å². The Labute approximate surface area is 192 Å². The average molecular weight is 471 g/mol. The van der Waals surface area contributed by atoms with Gasteiger partial charge in [-0.25, -0.2) is 13.8 Å². The van der Waals surface area contributed by atoms with Crippen LogP contribution in [0.1, 0.15) is 21.7 Å². The smallest absolute Gasteiger partial charge is 0.260 e. The van der Waals surface area contributed by atoms with E-state index in [4.69, 9.17) is 9.47 Å². The van der Waals surface area contributed by atoms with Crippen molar-refractivity contribution in [3.05, 3.63) is 65.0 Å². The number of benzene rings is 2. The second-order valence-electron chi connectivity index (χ2n) is 7.70. The van der Waals surface area contributed by atoms with Crippen LogP contribution in [0, 0.1) is 25.5 Å². The van der Waals surface area contributed by atoms with Crippen molar-refractivity contribution in [1.29, 1.82) is 0 Å². The van der Waals surface area contributed by atoms with Crippen molar-refractivity contribution in [1.82, 2.24) is 14.8 Å². The standard InChI is InChI=1S/C23H20F2N4O3S/c1-13-9-14(2)29(27-13)6-5-28(23-26-21-17(25)11-16(24)12-20(21)33-23)22(30)15-3-4-18-19(10-15)32-8-7-31-18/h3-4,9-12H,5-8H2,1-2H3. The Morgan fingerprint density at radius 3 is 2.67 bits per heavy atom. The number of hydrogen-bond donors (Lipinski definition) is 0. The van der Waals surface area contributed by atoms with Crippen molar-refractivity contribution in [3.8, 4) is 11.5 Å². The summed E-state index contributed by atoms with van der Waals surface area (Å²) >= 11 is 1.06. The predicted octanol–water partition coefficient (Wildman–Crippen LogP) is 4.51. The molecule has 0 saturated heterocycles. The molecule has 1 aliphatic heterocycles. The highest BCUT2D eigenvalue weighted by atomic mass is 32.1. The van der Waals surface area contributed by atoms with Crippen LogP contribution in [-0.2, 0) is 6.54 Å². The minimum atomic E-state index is -0.766. The molecule has 3 heterocycles. The van der Waals surface area contributed by atoms with Crippen LogP contribution in [0.2, 0.25) is 0 Å². The van der Waals surface area contributed by atoms with Gasteiger partial charge >= 0.3 is 0 Å². The maximum absolute atomic E-state index is 14.3. The normalized spacial score (nSPS) is 12.8. The van der Waals surface area contributed by atoms with Gasteiger partial charge in [0.25, 0.3) is 5.91 Å². The number of nitrogens with zero attached hydrogens (tertiary/aromatic N) is 4. The van der Waals surface area contributed by atoms with Gasteiger partial charge in [-0.2, -0.15) is 5.10 Å². The van der Waals surface area contributed by atoms with Crippen molar-refractivity contribution >= 4 is 32.6 Å². The molecule has 1 aliphatic rings. The molecular formula is C23H20F2N4O3S. The number of ether oxygens (including phenoxy) is 2. The number of carbonyl (C=O) groups excluding carboxylic acids is 1. The van der Waals surface area contributed by atoms with Crippen LogP contribution in [0.4, 0.5) is 13.9 Å². The molecule has 0 fully saturated rings. The average Bonchev–Trinajstić information content (AvgIpc) is 3.35. The second kappa shape index (κ2) is 8.43. The molecule has 2 aromatic carbocycles. The van der Waals surface area contributed by atoms with Gasteiger partial charge in [-0.1, -0.05) is 11.3 Å². The van der Waals surface area contributed by atoms with Gasteiger partial charge in [-0.3, -0.25) is 14.4 Å². The van der Waals surface area contributed by atoms with E-state index in [2.05, 4.69) is 10.1 Å². The van der Waals surface area contributed by atoms with Crippen LogP contribution in [0.3, 0.4) is 0 Å². The molecule has 5 rings (SSSR count). The van der Waals surface area contributed by atoms with E-state index in [1.165, 1.54) is 11.0 Å². The fourth-order valence-electron chi connectivity index (χ4n) is 3.77. The third-order valence-corrected chi connectivity index (χ3v) is 6.33. The maximum atomic E-state index is 14.3. The lowest BCUT2D eigenvalue weighted by Gasteiger charge is -2.22. The Kier molecular flexibility index (Phi) is 5.45. The highest BCUT2D eigenvalue weighted by Crippen LogP contribution is 2.34. The molecule has 170 valence electrons. The van der Waals surface area contributed by atoms with Crippen LogP contribution < -0.4 is 14.4 Å². The fraction of sp³-hybridized carbons (Fsp3) is 0.261. The predicted molar refractivity (Wildman–Crippen MR) is 120 cm³/mol. The third kappa shape index (κ3) is 4.13. The molecule has 0 N–H and O–H groups in total. The van der Waals surface area contributed by atoms with Gasteiger partial charge in [-0.15, -0.1) is 0 Å². The van der Waals surface area contributed by atoms with E-state index in [0.717, 1.165) is 28.8 Å². The number of hydrogen-bond acceptors (Lipinski definition) is 6. The van der Waals surface area contributed by atoms with E-state index in [0.29, 0.717) is 41.5 Å². The Morgan fingerprint density at radius 2 is 1.91 bits per heavy atom. The summed E-state index contributed by atoms with van der Waals surface area (Å²) in [6.07, 6.45) is 0. The van der Waals surface area contributed by atoms with Crippen LogP contribution in [0.15, 0.2) is 36.4 Å². The van der Waals surface area contributed by atoms with Crippen molar-refractivity contribution in [2.45, 2.75) is 20.4 Å². The minimum Gasteiger partial charge on any atom is -0.486 e. The van der Waals surface area contributed by atoms with Crippen molar-refractivity contribution in [2.24, 2.45) is 0 Å². The second-order valence-corrected chi connectivity index (χ2v) is 8.71. The molecule has 0 bridgehead atoms. The lowest BCUT2D eigenvalue weighted by molar-refractivity contribution is 0.0984. The first-order valence-corrected chi connectivity index (χ1v) is 11.2. The van der Waals surface area contributed by atoms with Crippen molar-refractivity contribution in [3.63, 3.8) is 0 Å². The van der Waals surface area contributed by atoms with E-state index in [-0.39, 0.29) is 23.1 Å². The zero-order valence-electron chi connectivity index (χ0n) is 18.0. The van der Waals surface area contributed by atoms with E-state index >= 15 is 0 Å². The Bertz CT molecular complexity index is 1370. The number of rotatable bonds is 5. The zero-order valence-corrected chi connectivity index (χ0v) is 18.8. The summed E-state index contributed by atoms with van der Waals surface area (Å²) < 4.78 is 41.3. The molecule has 7 nitrogen and oxygen atoms in total. The van der Waals surface area contributed by atoms with Crippen molar-refractivity contribution < 1.29 is 23.0 Å². The molecule has 33 heavy (non-hydrogen) atoms. The minimum absolute atomic E-state index is 0.0301. The quantitative estimate of drug-likeness (QED) is 0.429. The van der Waals surface area contributed by atoms with E-state index in [1.54, 1.807) is 22.9 Å². The number of thiazole rings is 1. The SMILES string of the molecule is Cc1cc(C)n(CCN(C(=O)c2ccc3c(c2)OCCO3)c2nc3c(F)cc(F)cc3s2)n1. The van der Waals surface area contributed by atoms with Gasteiger partial charge in [0.1, 0.15) is 24.5 Å². The number of anilines is 1. The van der Waals surface area contributed by atoms with Crippen molar-refractivity contribution in [2.75, 3.05) is 24.7 Å². The topological polar surface area (TPSA) is 69.5 Å². The van der Waals surface area contributed by atoms with Gasteiger partial charge in [0, 0.05) is 23.9 Å². The lowest BCUT2D eigenvalue weighted by Crippen LogP contribution is -2.34. The number of carbonyl (C=O) groups is 1.